The zero-order valence-corrected chi connectivity index (χ0v) is 16.6. The molecule has 29 heavy (non-hydrogen) atoms. The highest BCUT2D eigenvalue weighted by Gasteiger charge is 2.28. The van der Waals surface area contributed by atoms with E-state index in [0.29, 0.717) is 29.7 Å². The zero-order valence-electron chi connectivity index (χ0n) is 15.9. The Kier molecular flexibility index (Phi) is 5.46. The zero-order chi connectivity index (χ0) is 20.4. The summed E-state index contributed by atoms with van der Waals surface area (Å²) in [4.78, 5) is 19.3. The van der Waals surface area contributed by atoms with E-state index in [0.717, 1.165) is 24.3 Å². The van der Waals surface area contributed by atoms with Crippen molar-refractivity contribution in [1.29, 1.82) is 0 Å². The molecular formula is C20H20ClN5O3. The molecule has 0 bridgehead atoms. The third kappa shape index (κ3) is 4.08. The van der Waals surface area contributed by atoms with Crippen LogP contribution in [0.4, 0.5) is 11.5 Å². The number of hydrogen-bond acceptors (Lipinski definition) is 7. The molecule has 9 heteroatoms. The van der Waals surface area contributed by atoms with Gasteiger partial charge < -0.3 is 9.42 Å². The van der Waals surface area contributed by atoms with Crippen LogP contribution in [0.25, 0.3) is 11.3 Å². The lowest BCUT2D eigenvalue weighted by Gasteiger charge is -2.37. The summed E-state index contributed by atoms with van der Waals surface area (Å²) in [6.45, 7) is 4.88. The number of piperazine rings is 1. The number of pyridine rings is 1. The Bertz CT molecular complexity index is 1020. The van der Waals surface area contributed by atoms with E-state index >= 15 is 0 Å². The van der Waals surface area contributed by atoms with Gasteiger partial charge in [-0.15, -0.1) is 0 Å². The van der Waals surface area contributed by atoms with E-state index in [1.54, 1.807) is 12.3 Å². The molecule has 1 unspecified atom stereocenters. The second kappa shape index (κ2) is 8.18. The van der Waals surface area contributed by atoms with Crippen molar-refractivity contribution in [3.8, 4) is 11.3 Å². The smallest absolute Gasteiger partial charge is 0.311 e. The fraction of sp³-hybridized carbons (Fsp3) is 0.300. The molecule has 150 valence electrons. The second-order valence-corrected chi connectivity index (χ2v) is 7.37. The monoisotopic (exact) mass is 413 g/mol. The number of nitrogens with zero attached hydrogens (tertiary/aromatic N) is 5. The first-order chi connectivity index (χ1) is 14.0. The molecule has 1 atom stereocenters. The number of benzene rings is 1. The quantitative estimate of drug-likeness (QED) is 0.457. The van der Waals surface area contributed by atoms with Gasteiger partial charge in [0.15, 0.2) is 5.76 Å². The molecule has 2 aromatic heterocycles. The molecule has 3 heterocycles. The minimum Gasteiger partial charge on any atom is -0.356 e. The molecule has 0 N–H and O–H groups in total. The Morgan fingerprint density at radius 2 is 1.97 bits per heavy atom. The van der Waals surface area contributed by atoms with Crippen LogP contribution in [0.2, 0.25) is 5.02 Å². The van der Waals surface area contributed by atoms with E-state index in [1.807, 2.05) is 35.2 Å². The van der Waals surface area contributed by atoms with Crippen LogP contribution < -0.4 is 4.90 Å². The summed E-state index contributed by atoms with van der Waals surface area (Å²) in [5, 5.41) is 16.1. The molecule has 1 aliphatic heterocycles. The van der Waals surface area contributed by atoms with Crippen LogP contribution in [0.3, 0.4) is 0 Å². The molecule has 1 fully saturated rings. The summed E-state index contributed by atoms with van der Waals surface area (Å²) in [6.07, 6.45) is 1.59. The third-order valence-electron chi connectivity index (χ3n) is 5.19. The highest BCUT2D eigenvalue weighted by Crippen LogP contribution is 2.30. The van der Waals surface area contributed by atoms with Crippen LogP contribution in [-0.4, -0.2) is 46.1 Å². The largest absolute Gasteiger partial charge is 0.356 e. The average Bonchev–Trinajstić information content (AvgIpc) is 3.24. The van der Waals surface area contributed by atoms with Gasteiger partial charge in [-0.2, -0.15) is 0 Å². The SMILES string of the molecule is CC(c1cc(-c2cccc(Cl)c2)on1)N1CCN(c2ncccc2[N+](=O)[O-])CC1. The number of anilines is 1. The molecule has 0 saturated carbocycles. The van der Waals surface area contributed by atoms with Gasteiger partial charge >= 0.3 is 5.69 Å². The minimum atomic E-state index is -0.385. The van der Waals surface area contributed by atoms with Crippen molar-refractivity contribution in [3.05, 3.63) is 69.5 Å². The van der Waals surface area contributed by atoms with Crippen molar-refractivity contribution in [2.45, 2.75) is 13.0 Å². The molecule has 4 rings (SSSR count). The van der Waals surface area contributed by atoms with E-state index in [-0.39, 0.29) is 16.7 Å². The third-order valence-corrected chi connectivity index (χ3v) is 5.42. The predicted molar refractivity (Wildman–Crippen MR) is 110 cm³/mol. The number of hydrogen-bond donors (Lipinski definition) is 0. The van der Waals surface area contributed by atoms with Crippen LogP contribution >= 0.6 is 11.6 Å². The Hall–Kier alpha value is -2.97. The minimum absolute atomic E-state index is 0.0386. The molecule has 8 nitrogen and oxygen atoms in total. The van der Waals surface area contributed by atoms with Gasteiger partial charge in [0.2, 0.25) is 5.82 Å². The van der Waals surface area contributed by atoms with Gasteiger partial charge in [0.05, 0.1) is 11.0 Å². The van der Waals surface area contributed by atoms with Crippen molar-refractivity contribution < 1.29 is 9.45 Å². The summed E-state index contributed by atoms with van der Waals surface area (Å²) >= 11 is 6.06. The van der Waals surface area contributed by atoms with Gasteiger partial charge in [-0.3, -0.25) is 15.0 Å². The lowest BCUT2D eigenvalue weighted by Crippen LogP contribution is -2.47. The van der Waals surface area contributed by atoms with Gasteiger partial charge in [-0.1, -0.05) is 28.9 Å². The second-order valence-electron chi connectivity index (χ2n) is 6.93. The normalized spacial score (nSPS) is 16.0. The van der Waals surface area contributed by atoms with Crippen molar-refractivity contribution >= 4 is 23.1 Å². The molecule has 0 radical (unpaired) electrons. The highest BCUT2D eigenvalue weighted by molar-refractivity contribution is 6.30. The van der Waals surface area contributed by atoms with Crippen LogP contribution in [0.1, 0.15) is 18.7 Å². The molecule has 0 spiro atoms. The number of rotatable bonds is 5. The molecule has 3 aromatic rings. The van der Waals surface area contributed by atoms with E-state index in [1.165, 1.54) is 6.07 Å². The number of aromatic nitrogens is 2. The lowest BCUT2D eigenvalue weighted by atomic mass is 10.1. The van der Waals surface area contributed by atoms with Gasteiger partial charge in [0, 0.05) is 55.1 Å². The maximum atomic E-state index is 11.3. The topological polar surface area (TPSA) is 88.5 Å². The van der Waals surface area contributed by atoms with Crippen LogP contribution in [0, 0.1) is 10.1 Å². The Morgan fingerprint density at radius 3 is 2.69 bits per heavy atom. The fourth-order valence-corrected chi connectivity index (χ4v) is 3.74. The molecule has 1 aliphatic rings. The van der Waals surface area contributed by atoms with Gasteiger partial charge in [-0.05, 0) is 25.1 Å². The Morgan fingerprint density at radius 1 is 1.17 bits per heavy atom. The first-order valence-corrected chi connectivity index (χ1v) is 9.71. The van der Waals surface area contributed by atoms with Crippen LogP contribution in [-0.2, 0) is 0 Å². The van der Waals surface area contributed by atoms with Crippen LogP contribution in [0.15, 0.2) is 53.2 Å². The maximum Gasteiger partial charge on any atom is 0.311 e. The molecule has 0 aliphatic carbocycles. The summed E-state index contributed by atoms with van der Waals surface area (Å²) in [5.41, 5.74) is 1.77. The summed E-state index contributed by atoms with van der Waals surface area (Å²) in [5.74, 6) is 1.10. The van der Waals surface area contributed by atoms with Crippen LogP contribution in [0.5, 0.6) is 0 Å². The molecule has 0 amide bonds. The summed E-state index contributed by atoms with van der Waals surface area (Å²) in [7, 11) is 0. The molecular weight excluding hydrogens is 394 g/mol. The van der Waals surface area contributed by atoms with E-state index in [4.69, 9.17) is 16.1 Å². The standard InChI is InChI=1S/C20H20ClN5O3/c1-14(17-13-19(29-23-17)15-4-2-5-16(21)12-15)24-8-10-25(11-9-24)20-18(26(27)28)6-3-7-22-20/h2-7,12-14H,8-11H2,1H3. The number of halogens is 1. The van der Waals surface area contributed by atoms with Gasteiger partial charge in [0.25, 0.3) is 0 Å². The fourth-order valence-electron chi connectivity index (χ4n) is 3.55. The highest BCUT2D eigenvalue weighted by atomic mass is 35.5. The lowest BCUT2D eigenvalue weighted by molar-refractivity contribution is -0.384. The summed E-state index contributed by atoms with van der Waals surface area (Å²) in [6, 6.07) is 12.5. The first-order valence-electron chi connectivity index (χ1n) is 9.34. The van der Waals surface area contributed by atoms with E-state index in [9.17, 15) is 10.1 Å². The first kappa shape index (κ1) is 19.4. The van der Waals surface area contributed by atoms with E-state index in [2.05, 4.69) is 22.0 Å². The van der Waals surface area contributed by atoms with Crippen molar-refractivity contribution in [2.75, 3.05) is 31.1 Å². The van der Waals surface area contributed by atoms with E-state index < -0.39 is 0 Å². The number of nitro groups is 1. The van der Waals surface area contributed by atoms with Crippen molar-refractivity contribution in [3.63, 3.8) is 0 Å². The predicted octanol–water partition coefficient (Wildman–Crippen LogP) is 4.18. The van der Waals surface area contributed by atoms with Crippen molar-refractivity contribution in [2.24, 2.45) is 0 Å². The molecule has 1 aromatic carbocycles. The average molecular weight is 414 g/mol. The van der Waals surface area contributed by atoms with Gasteiger partial charge in [0.1, 0.15) is 5.69 Å². The Labute approximate surface area is 172 Å². The van der Waals surface area contributed by atoms with Gasteiger partial charge in [-0.25, -0.2) is 4.98 Å². The molecule has 1 saturated heterocycles. The maximum absolute atomic E-state index is 11.3. The van der Waals surface area contributed by atoms with Crippen molar-refractivity contribution in [1.82, 2.24) is 15.0 Å². The summed E-state index contributed by atoms with van der Waals surface area (Å²) < 4.78 is 5.52. The Balaban J connectivity index is 1.44.